The maximum atomic E-state index is 10.8. The standard InChI is InChI=1S/C12H12O2S2/c1-2-8-3-5-15-11(8)12-9(4-6-16-12)7-10(13)14/h3-6H,2,7H2,1H3,(H,13,14). The molecule has 1 N–H and O–H groups in total. The van der Waals surface area contributed by atoms with E-state index in [4.69, 9.17) is 5.11 Å². The van der Waals surface area contributed by atoms with Crippen LogP contribution in [0.2, 0.25) is 0 Å². The van der Waals surface area contributed by atoms with Crippen molar-refractivity contribution in [3.8, 4) is 9.75 Å². The van der Waals surface area contributed by atoms with Crippen molar-refractivity contribution in [2.24, 2.45) is 0 Å². The van der Waals surface area contributed by atoms with E-state index in [9.17, 15) is 4.79 Å². The highest BCUT2D eigenvalue weighted by atomic mass is 32.1. The van der Waals surface area contributed by atoms with Crippen molar-refractivity contribution >= 4 is 28.6 Å². The molecule has 16 heavy (non-hydrogen) atoms. The van der Waals surface area contributed by atoms with E-state index in [1.165, 1.54) is 10.4 Å². The van der Waals surface area contributed by atoms with Crippen LogP contribution in [-0.2, 0) is 17.6 Å². The molecule has 0 amide bonds. The molecule has 2 aromatic heterocycles. The second kappa shape index (κ2) is 4.80. The van der Waals surface area contributed by atoms with Crippen LogP contribution in [0.25, 0.3) is 9.75 Å². The maximum Gasteiger partial charge on any atom is 0.307 e. The van der Waals surface area contributed by atoms with Crippen LogP contribution in [0.15, 0.2) is 22.9 Å². The van der Waals surface area contributed by atoms with Crippen LogP contribution < -0.4 is 0 Å². The van der Waals surface area contributed by atoms with Crippen LogP contribution in [0.5, 0.6) is 0 Å². The van der Waals surface area contributed by atoms with Gasteiger partial charge in [-0.05, 0) is 40.4 Å². The third-order valence-electron chi connectivity index (χ3n) is 2.42. The SMILES string of the molecule is CCc1ccsc1-c1sccc1CC(=O)O. The van der Waals surface area contributed by atoms with Gasteiger partial charge in [0.15, 0.2) is 0 Å². The first kappa shape index (κ1) is 11.4. The number of carbonyl (C=O) groups is 1. The van der Waals surface area contributed by atoms with E-state index in [2.05, 4.69) is 18.4 Å². The Morgan fingerprint density at radius 2 is 1.75 bits per heavy atom. The number of aryl methyl sites for hydroxylation is 1. The molecule has 2 rings (SSSR count). The lowest BCUT2D eigenvalue weighted by atomic mass is 10.1. The summed E-state index contributed by atoms with van der Waals surface area (Å²) in [5.74, 6) is -0.769. The highest BCUT2D eigenvalue weighted by molar-refractivity contribution is 7.20. The molecule has 0 bridgehead atoms. The molecular weight excluding hydrogens is 240 g/mol. The summed E-state index contributed by atoms with van der Waals surface area (Å²) in [6.45, 7) is 2.12. The van der Waals surface area contributed by atoms with Gasteiger partial charge in [0.1, 0.15) is 0 Å². The summed E-state index contributed by atoms with van der Waals surface area (Å²) >= 11 is 3.32. The Morgan fingerprint density at radius 1 is 1.19 bits per heavy atom. The number of carboxylic acids is 1. The van der Waals surface area contributed by atoms with Gasteiger partial charge in [-0.15, -0.1) is 22.7 Å². The van der Waals surface area contributed by atoms with Crippen LogP contribution in [-0.4, -0.2) is 11.1 Å². The third-order valence-corrected chi connectivity index (χ3v) is 4.50. The fourth-order valence-corrected chi connectivity index (χ4v) is 3.81. The second-order valence-corrected chi connectivity index (χ2v) is 5.31. The van der Waals surface area contributed by atoms with E-state index < -0.39 is 5.97 Å². The molecule has 84 valence electrons. The van der Waals surface area contributed by atoms with Crippen LogP contribution in [0, 0.1) is 0 Å². The lowest BCUT2D eigenvalue weighted by Crippen LogP contribution is -1.99. The first-order valence-electron chi connectivity index (χ1n) is 5.07. The average Bonchev–Trinajstić information content (AvgIpc) is 2.83. The lowest BCUT2D eigenvalue weighted by Gasteiger charge is -2.01. The number of carboxylic acid groups (broad SMARTS) is 1. The normalized spacial score (nSPS) is 10.6. The third kappa shape index (κ3) is 2.18. The maximum absolute atomic E-state index is 10.8. The molecule has 0 atom stereocenters. The molecule has 2 heterocycles. The zero-order chi connectivity index (χ0) is 11.5. The molecule has 0 aliphatic heterocycles. The molecule has 0 fully saturated rings. The fourth-order valence-electron chi connectivity index (χ4n) is 1.65. The van der Waals surface area contributed by atoms with Crippen molar-refractivity contribution in [1.29, 1.82) is 0 Å². The number of thiophene rings is 2. The van der Waals surface area contributed by atoms with Crippen LogP contribution in [0.4, 0.5) is 0 Å². The summed E-state index contributed by atoms with van der Waals surface area (Å²) in [6.07, 6.45) is 1.10. The van der Waals surface area contributed by atoms with Gasteiger partial charge in [0, 0.05) is 9.75 Å². The number of hydrogen-bond donors (Lipinski definition) is 1. The van der Waals surface area contributed by atoms with Gasteiger partial charge in [-0.2, -0.15) is 0 Å². The molecule has 0 spiro atoms. The Kier molecular flexibility index (Phi) is 3.41. The molecule has 2 aromatic rings. The van der Waals surface area contributed by atoms with Crippen molar-refractivity contribution in [3.63, 3.8) is 0 Å². The van der Waals surface area contributed by atoms with Gasteiger partial charge in [-0.3, -0.25) is 4.79 Å². The summed E-state index contributed by atoms with van der Waals surface area (Å²) in [5.41, 5.74) is 2.23. The molecule has 0 saturated carbocycles. The first-order chi connectivity index (χ1) is 7.72. The van der Waals surface area contributed by atoms with Crippen molar-refractivity contribution in [2.45, 2.75) is 19.8 Å². The van der Waals surface area contributed by atoms with E-state index in [0.29, 0.717) is 0 Å². The molecule has 2 nitrogen and oxygen atoms in total. The molecule has 0 aliphatic carbocycles. The number of hydrogen-bond acceptors (Lipinski definition) is 3. The molecule has 0 radical (unpaired) electrons. The molecule has 0 saturated heterocycles. The van der Waals surface area contributed by atoms with Gasteiger partial charge < -0.3 is 5.11 Å². The summed E-state index contributed by atoms with van der Waals surface area (Å²) in [5, 5.41) is 12.9. The van der Waals surface area contributed by atoms with Gasteiger partial charge in [0.25, 0.3) is 0 Å². The summed E-state index contributed by atoms with van der Waals surface area (Å²) in [6, 6.07) is 4.03. The molecule has 4 heteroatoms. The monoisotopic (exact) mass is 252 g/mol. The summed E-state index contributed by atoms with van der Waals surface area (Å²) in [4.78, 5) is 13.1. The van der Waals surface area contributed by atoms with Crippen molar-refractivity contribution < 1.29 is 9.90 Å². The molecular formula is C12H12O2S2. The minimum atomic E-state index is -0.769. The summed E-state index contributed by atoms with van der Waals surface area (Å²) in [7, 11) is 0. The van der Waals surface area contributed by atoms with Crippen molar-refractivity contribution in [2.75, 3.05) is 0 Å². The van der Waals surface area contributed by atoms with Gasteiger partial charge in [-0.1, -0.05) is 6.92 Å². The Labute approximate surface area is 102 Å². The molecule has 0 aromatic carbocycles. The zero-order valence-corrected chi connectivity index (χ0v) is 10.5. The van der Waals surface area contributed by atoms with Crippen LogP contribution >= 0.6 is 22.7 Å². The van der Waals surface area contributed by atoms with E-state index in [1.807, 2.05) is 11.4 Å². The van der Waals surface area contributed by atoms with Gasteiger partial charge in [0.05, 0.1) is 6.42 Å². The highest BCUT2D eigenvalue weighted by Crippen LogP contribution is 2.36. The minimum Gasteiger partial charge on any atom is -0.481 e. The molecule has 0 aliphatic rings. The molecule has 0 unspecified atom stereocenters. The Hall–Kier alpha value is -1.13. The van der Waals surface area contributed by atoms with Crippen molar-refractivity contribution in [3.05, 3.63) is 34.0 Å². The van der Waals surface area contributed by atoms with E-state index in [0.717, 1.165) is 16.9 Å². The fraction of sp³-hybridized carbons (Fsp3) is 0.250. The second-order valence-electron chi connectivity index (χ2n) is 3.47. The zero-order valence-electron chi connectivity index (χ0n) is 8.90. The van der Waals surface area contributed by atoms with E-state index in [-0.39, 0.29) is 6.42 Å². The largest absolute Gasteiger partial charge is 0.481 e. The predicted molar refractivity (Wildman–Crippen MR) is 68.3 cm³/mol. The Balaban J connectivity index is 2.40. The van der Waals surface area contributed by atoms with Crippen LogP contribution in [0.1, 0.15) is 18.1 Å². The summed E-state index contributed by atoms with van der Waals surface area (Å²) < 4.78 is 0. The highest BCUT2D eigenvalue weighted by Gasteiger charge is 2.13. The minimum absolute atomic E-state index is 0.111. The van der Waals surface area contributed by atoms with E-state index in [1.54, 1.807) is 22.7 Å². The topological polar surface area (TPSA) is 37.3 Å². The van der Waals surface area contributed by atoms with Gasteiger partial charge in [-0.25, -0.2) is 0 Å². The quantitative estimate of drug-likeness (QED) is 0.901. The predicted octanol–water partition coefficient (Wildman–Crippen LogP) is 3.67. The Bertz CT molecular complexity index is 497. The van der Waals surface area contributed by atoms with Gasteiger partial charge in [0.2, 0.25) is 0 Å². The van der Waals surface area contributed by atoms with Crippen LogP contribution in [0.3, 0.4) is 0 Å². The lowest BCUT2D eigenvalue weighted by molar-refractivity contribution is -0.136. The number of aliphatic carboxylic acids is 1. The smallest absolute Gasteiger partial charge is 0.307 e. The number of rotatable bonds is 4. The first-order valence-corrected chi connectivity index (χ1v) is 6.83. The van der Waals surface area contributed by atoms with E-state index >= 15 is 0 Å². The van der Waals surface area contributed by atoms with Gasteiger partial charge >= 0.3 is 5.97 Å². The Morgan fingerprint density at radius 3 is 2.31 bits per heavy atom. The average molecular weight is 252 g/mol. The van der Waals surface area contributed by atoms with Crippen molar-refractivity contribution in [1.82, 2.24) is 0 Å².